The van der Waals surface area contributed by atoms with Crippen molar-refractivity contribution in [2.24, 2.45) is 0 Å². The Morgan fingerprint density at radius 1 is 0.394 bits per heavy atom. The van der Waals surface area contributed by atoms with Gasteiger partial charge in [0, 0.05) is 6.61 Å². The van der Waals surface area contributed by atoms with E-state index in [0.717, 1.165) is 13.2 Å². The number of nitrogens with zero attached hydrogens (tertiary/aromatic N) is 1. The first-order valence-corrected chi connectivity index (χ1v) is 15.2. The average molecular weight is 474 g/mol. The molecule has 2 nitrogen and oxygen atoms in total. The Kier molecular flexibility index (Phi) is 29.8. The molecule has 0 unspecified atom stereocenters. The number of hydrogen-bond acceptors (Lipinski definition) is 1. The van der Waals surface area contributed by atoms with E-state index >= 15 is 0 Å². The Labute approximate surface area is 209 Å². The van der Waals surface area contributed by atoms with E-state index in [1.54, 1.807) is 0 Å². The summed E-state index contributed by atoms with van der Waals surface area (Å²) in [5.41, 5.74) is 0. The van der Waals surface area contributed by atoms with Crippen LogP contribution in [0.15, 0.2) is 0 Å². The van der Waals surface area contributed by atoms with E-state index in [2.05, 4.69) is 27.7 Å². The summed E-state index contributed by atoms with van der Waals surface area (Å²) in [6.07, 6.45) is 28.1. The summed E-state index contributed by atoms with van der Waals surface area (Å²) in [5.74, 6) is 0. The van der Waals surface area contributed by atoms with Gasteiger partial charge in [0.15, 0.2) is 0 Å². The van der Waals surface area contributed by atoms with Crippen LogP contribution in [-0.2, 0) is 4.74 Å². The first-order valence-electron chi connectivity index (χ1n) is 15.2. The molecule has 0 saturated heterocycles. The number of ether oxygens (including phenoxy) is 1. The van der Waals surface area contributed by atoms with E-state index < -0.39 is 0 Å². The fourth-order valence-corrected chi connectivity index (χ4v) is 4.96. The maximum atomic E-state index is 6.09. The van der Waals surface area contributed by atoms with Gasteiger partial charge in [-0.2, -0.15) is 0 Å². The molecule has 0 bridgehead atoms. The number of unbranched alkanes of at least 4 members (excludes halogenated alkanes) is 17. The first kappa shape index (κ1) is 35.0. The molecule has 3 heteroatoms. The van der Waals surface area contributed by atoms with Gasteiger partial charge in [0.05, 0.1) is 26.2 Å². The molecule has 0 rings (SSSR count). The smallest absolute Gasteiger partial charge is 0.102 e. The van der Waals surface area contributed by atoms with Gasteiger partial charge in [0.2, 0.25) is 0 Å². The summed E-state index contributed by atoms with van der Waals surface area (Å²) < 4.78 is 7.39. The van der Waals surface area contributed by atoms with Crippen LogP contribution in [0.2, 0.25) is 0 Å². The molecule has 33 heavy (non-hydrogen) atoms. The minimum absolute atomic E-state index is 0. The van der Waals surface area contributed by atoms with Gasteiger partial charge < -0.3 is 13.9 Å². The van der Waals surface area contributed by atoms with Gasteiger partial charge in [-0.05, 0) is 39.0 Å². The zero-order valence-corrected chi connectivity index (χ0v) is 23.6. The number of halogens is 1. The van der Waals surface area contributed by atoms with Crippen LogP contribution in [0.4, 0.5) is 0 Å². The van der Waals surface area contributed by atoms with Gasteiger partial charge in [0.25, 0.3) is 0 Å². The fraction of sp³-hybridized carbons (Fsp3) is 1.00. The predicted molar refractivity (Wildman–Crippen MR) is 146 cm³/mol. The Bertz CT molecular complexity index is 330. The van der Waals surface area contributed by atoms with Crippen molar-refractivity contribution >= 4 is 0 Å². The lowest BCUT2D eigenvalue weighted by atomic mass is 10.1. The van der Waals surface area contributed by atoms with Crippen LogP contribution in [0.25, 0.3) is 0 Å². The van der Waals surface area contributed by atoms with Gasteiger partial charge in [-0.1, -0.05) is 117 Å². The highest BCUT2D eigenvalue weighted by Gasteiger charge is 2.24. The molecular weight excluding hydrogens is 409 g/mol. The highest BCUT2D eigenvalue weighted by molar-refractivity contribution is 4.52. The molecule has 0 aliphatic rings. The van der Waals surface area contributed by atoms with Gasteiger partial charge in [0.1, 0.15) is 6.54 Å². The van der Waals surface area contributed by atoms with E-state index in [1.165, 1.54) is 159 Å². The quantitative estimate of drug-likeness (QED) is 0.0952. The van der Waals surface area contributed by atoms with Crippen LogP contribution in [0, 0.1) is 0 Å². The summed E-state index contributed by atoms with van der Waals surface area (Å²) in [5, 5.41) is 0. The van der Waals surface area contributed by atoms with Crippen LogP contribution >= 0.6 is 0 Å². The molecule has 202 valence electrons. The van der Waals surface area contributed by atoms with Gasteiger partial charge >= 0.3 is 0 Å². The standard InChI is InChI=1S/C30H64NO.FH/c1-5-9-12-15-17-19-21-23-26-31(8-4,28-30-32-29-25-14-11-7-3)27-24-22-20-18-16-13-10-6-2;/h5-30H2,1-4H3;1H/q+1;/p-1. The van der Waals surface area contributed by atoms with Crippen molar-refractivity contribution in [2.45, 2.75) is 156 Å². The molecular formula is C30H64FNO. The van der Waals surface area contributed by atoms with E-state index in [-0.39, 0.29) is 4.70 Å². The first-order chi connectivity index (χ1) is 15.7. The largest absolute Gasteiger partial charge is 1.00 e. The summed E-state index contributed by atoms with van der Waals surface area (Å²) in [6, 6.07) is 0. The number of hydrogen-bond donors (Lipinski definition) is 0. The number of quaternary nitrogens is 1. The molecule has 0 fully saturated rings. The van der Waals surface area contributed by atoms with E-state index in [1.807, 2.05) is 0 Å². The van der Waals surface area contributed by atoms with Crippen LogP contribution in [0.1, 0.15) is 156 Å². The molecule has 0 atom stereocenters. The molecule has 0 aromatic heterocycles. The second-order valence-corrected chi connectivity index (χ2v) is 10.5. The van der Waals surface area contributed by atoms with Crippen LogP contribution in [0.5, 0.6) is 0 Å². The van der Waals surface area contributed by atoms with Crippen LogP contribution in [0.3, 0.4) is 0 Å². The predicted octanol–water partition coefficient (Wildman–Crippen LogP) is 6.71. The lowest BCUT2D eigenvalue weighted by Crippen LogP contribution is -3.00. The number of likely N-dealkylation sites (N-methyl/N-ethyl adjacent to an activating group) is 1. The second kappa shape index (κ2) is 28.1. The van der Waals surface area contributed by atoms with E-state index in [0.29, 0.717) is 0 Å². The zero-order valence-electron chi connectivity index (χ0n) is 23.6. The molecule has 0 radical (unpaired) electrons. The summed E-state index contributed by atoms with van der Waals surface area (Å²) in [4.78, 5) is 0. The summed E-state index contributed by atoms with van der Waals surface area (Å²) in [6.45, 7) is 16.5. The molecule has 0 spiro atoms. The topological polar surface area (TPSA) is 9.23 Å². The third kappa shape index (κ3) is 23.4. The second-order valence-electron chi connectivity index (χ2n) is 10.5. The van der Waals surface area contributed by atoms with Crippen molar-refractivity contribution < 1.29 is 13.9 Å². The molecule has 0 aromatic carbocycles. The SMILES string of the molecule is CCCCCCCCCC[N+](CC)(CCCCCCCCCC)CCOCCCCCC.[F-]. The summed E-state index contributed by atoms with van der Waals surface area (Å²) in [7, 11) is 0. The minimum atomic E-state index is 0. The van der Waals surface area contributed by atoms with Crippen molar-refractivity contribution in [3.8, 4) is 0 Å². The average Bonchev–Trinajstić information content (AvgIpc) is 2.81. The Hall–Kier alpha value is -0.150. The summed E-state index contributed by atoms with van der Waals surface area (Å²) >= 11 is 0. The van der Waals surface area contributed by atoms with Gasteiger partial charge in [-0.3, -0.25) is 0 Å². The highest BCUT2D eigenvalue weighted by atomic mass is 19.0. The zero-order chi connectivity index (χ0) is 23.6. The molecule has 0 aliphatic heterocycles. The van der Waals surface area contributed by atoms with Crippen LogP contribution < -0.4 is 4.70 Å². The molecule has 0 saturated carbocycles. The highest BCUT2D eigenvalue weighted by Crippen LogP contribution is 2.16. The number of rotatable bonds is 27. The third-order valence-electron chi connectivity index (χ3n) is 7.50. The van der Waals surface area contributed by atoms with Crippen molar-refractivity contribution in [3.05, 3.63) is 0 Å². The Morgan fingerprint density at radius 2 is 0.758 bits per heavy atom. The maximum absolute atomic E-state index is 6.09. The monoisotopic (exact) mass is 473 g/mol. The van der Waals surface area contributed by atoms with Crippen molar-refractivity contribution in [2.75, 3.05) is 39.4 Å². The lowest BCUT2D eigenvalue weighted by Gasteiger charge is -2.38. The minimum Gasteiger partial charge on any atom is -1.00 e. The third-order valence-corrected chi connectivity index (χ3v) is 7.50. The van der Waals surface area contributed by atoms with Crippen molar-refractivity contribution in [1.29, 1.82) is 0 Å². The van der Waals surface area contributed by atoms with E-state index in [9.17, 15) is 0 Å². The van der Waals surface area contributed by atoms with Gasteiger partial charge in [-0.25, -0.2) is 0 Å². The lowest BCUT2D eigenvalue weighted by molar-refractivity contribution is -0.927. The molecule has 0 amide bonds. The van der Waals surface area contributed by atoms with Crippen LogP contribution in [-0.4, -0.2) is 43.9 Å². The van der Waals surface area contributed by atoms with Crippen molar-refractivity contribution in [1.82, 2.24) is 0 Å². The molecule has 0 aromatic rings. The molecule has 0 heterocycles. The van der Waals surface area contributed by atoms with Crippen molar-refractivity contribution in [3.63, 3.8) is 0 Å². The Morgan fingerprint density at radius 3 is 1.15 bits per heavy atom. The van der Waals surface area contributed by atoms with E-state index in [4.69, 9.17) is 4.74 Å². The molecule has 0 aliphatic carbocycles. The molecule has 0 N–H and O–H groups in total. The normalized spacial score (nSPS) is 11.6. The van der Waals surface area contributed by atoms with Gasteiger partial charge in [-0.15, -0.1) is 0 Å². The fourth-order valence-electron chi connectivity index (χ4n) is 4.96. The maximum Gasteiger partial charge on any atom is 0.102 e. The Balaban J connectivity index is 0.